The maximum atomic E-state index is 3.57. The van der Waals surface area contributed by atoms with Crippen LogP contribution in [0.15, 0.2) is 27.1 Å². The second-order valence-corrected chi connectivity index (χ2v) is 4.56. The van der Waals surface area contributed by atoms with E-state index < -0.39 is 0 Å². The molecule has 0 amide bonds. The maximum Gasteiger partial charge on any atom is 0.0352 e. The molecule has 0 aromatic heterocycles. The minimum atomic E-state index is 0.821. The highest BCUT2D eigenvalue weighted by atomic mass is 79.9. The van der Waals surface area contributed by atoms with Crippen molar-refractivity contribution < 1.29 is 0 Å². The van der Waals surface area contributed by atoms with Crippen molar-refractivity contribution in [3.63, 3.8) is 0 Å². The van der Waals surface area contributed by atoms with E-state index in [1.165, 1.54) is 27.4 Å². The Morgan fingerprint density at radius 3 is 2.55 bits per heavy atom. The van der Waals surface area contributed by atoms with Gasteiger partial charge in [0.25, 0.3) is 0 Å². The molecular weight excluding hydrogens is 268 g/mol. The van der Waals surface area contributed by atoms with Crippen LogP contribution in [0.25, 0.3) is 0 Å². The van der Waals surface area contributed by atoms with Gasteiger partial charge in [-0.1, -0.05) is 12.1 Å². The topological polar surface area (TPSA) is 0 Å². The van der Waals surface area contributed by atoms with Crippen LogP contribution in [0.2, 0.25) is 0 Å². The van der Waals surface area contributed by atoms with Crippen molar-refractivity contribution in [1.29, 1.82) is 0 Å². The molecule has 1 aliphatic carbocycles. The lowest BCUT2D eigenvalue weighted by Crippen LogP contribution is -1.81. The van der Waals surface area contributed by atoms with Crippen LogP contribution in [0.5, 0.6) is 0 Å². The zero-order valence-corrected chi connectivity index (χ0v) is 9.15. The monoisotopic (exact) mass is 274 g/mol. The number of hydrogen-bond donors (Lipinski definition) is 0. The summed E-state index contributed by atoms with van der Waals surface area (Å²) in [5.41, 5.74) is 1.46. The largest absolute Gasteiger partial charge is 0.0608 e. The number of rotatable bonds is 1. The van der Waals surface area contributed by atoms with E-state index >= 15 is 0 Å². The molecule has 0 spiro atoms. The molecular formula is C9H8Br2. The standard InChI is InChI=1S/C9H8Br2/c10-8-3-1-2-7(9(8)11)6-4-5-6/h1-3,6H,4-5H2. The van der Waals surface area contributed by atoms with Crippen LogP contribution in [0.3, 0.4) is 0 Å². The van der Waals surface area contributed by atoms with Gasteiger partial charge in [0, 0.05) is 8.95 Å². The van der Waals surface area contributed by atoms with E-state index in [1.807, 2.05) is 0 Å². The minimum Gasteiger partial charge on any atom is -0.0608 e. The zero-order valence-electron chi connectivity index (χ0n) is 5.98. The third kappa shape index (κ3) is 1.52. The lowest BCUT2D eigenvalue weighted by molar-refractivity contribution is 1.11. The minimum absolute atomic E-state index is 0.821. The van der Waals surface area contributed by atoms with Crippen LogP contribution in [0.1, 0.15) is 24.3 Å². The summed E-state index contributed by atoms with van der Waals surface area (Å²) in [6, 6.07) is 6.37. The third-order valence-electron chi connectivity index (χ3n) is 2.00. The first-order valence-corrected chi connectivity index (χ1v) is 5.31. The Morgan fingerprint density at radius 2 is 1.91 bits per heavy atom. The van der Waals surface area contributed by atoms with Crippen LogP contribution >= 0.6 is 31.9 Å². The molecule has 0 unspecified atom stereocenters. The summed E-state index contributed by atoms with van der Waals surface area (Å²) in [5.74, 6) is 0.821. The highest BCUT2D eigenvalue weighted by Gasteiger charge is 2.25. The van der Waals surface area contributed by atoms with E-state index in [4.69, 9.17) is 0 Å². The van der Waals surface area contributed by atoms with Crippen molar-refractivity contribution in [2.24, 2.45) is 0 Å². The van der Waals surface area contributed by atoms with Crippen LogP contribution in [-0.4, -0.2) is 0 Å². The molecule has 2 rings (SSSR count). The number of halogens is 2. The van der Waals surface area contributed by atoms with Gasteiger partial charge in [-0.05, 0) is 62.2 Å². The van der Waals surface area contributed by atoms with Gasteiger partial charge >= 0.3 is 0 Å². The van der Waals surface area contributed by atoms with Gasteiger partial charge in [0.1, 0.15) is 0 Å². The second kappa shape index (κ2) is 2.91. The van der Waals surface area contributed by atoms with E-state index in [0.717, 1.165) is 5.92 Å². The highest BCUT2D eigenvalue weighted by Crippen LogP contribution is 2.44. The van der Waals surface area contributed by atoms with Crippen LogP contribution in [0.4, 0.5) is 0 Å². The van der Waals surface area contributed by atoms with Crippen LogP contribution < -0.4 is 0 Å². The Kier molecular flexibility index (Phi) is 2.06. The highest BCUT2D eigenvalue weighted by molar-refractivity contribution is 9.13. The molecule has 1 aliphatic rings. The molecule has 0 N–H and O–H groups in total. The molecule has 0 bridgehead atoms. The molecule has 2 heteroatoms. The van der Waals surface area contributed by atoms with E-state index in [2.05, 4.69) is 50.1 Å². The molecule has 0 radical (unpaired) electrons. The van der Waals surface area contributed by atoms with Crippen molar-refractivity contribution in [1.82, 2.24) is 0 Å². The molecule has 0 nitrogen and oxygen atoms in total. The molecule has 1 aromatic rings. The van der Waals surface area contributed by atoms with E-state index in [9.17, 15) is 0 Å². The Balaban J connectivity index is 2.45. The molecule has 11 heavy (non-hydrogen) atoms. The normalized spacial score (nSPS) is 16.9. The van der Waals surface area contributed by atoms with E-state index in [0.29, 0.717) is 0 Å². The molecule has 0 heterocycles. The zero-order chi connectivity index (χ0) is 7.84. The molecule has 1 aromatic carbocycles. The lowest BCUT2D eigenvalue weighted by atomic mass is 10.1. The van der Waals surface area contributed by atoms with Crippen LogP contribution in [0, 0.1) is 0 Å². The van der Waals surface area contributed by atoms with Gasteiger partial charge in [0.15, 0.2) is 0 Å². The lowest BCUT2D eigenvalue weighted by Gasteiger charge is -2.02. The molecule has 0 aliphatic heterocycles. The van der Waals surface area contributed by atoms with Gasteiger partial charge < -0.3 is 0 Å². The fourth-order valence-electron chi connectivity index (χ4n) is 1.23. The average molecular weight is 276 g/mol. The van der Waals surface area contributed by atoms with Crippen LogP contribution in [-0.2, 0) is 0 Å². The summed E-state index contributed by atoms with van der Waals surface area (Å²) in [6.45, 7) is 0. The molecule has 1 saturated carbocycles. The molecule has 1 fully saturated rings. The maximum absolute atomic E-state index is 3.57. The fourth-order valence-corrected chi connectivity index (χ4v) is 2.20. The SMILES string of the molecule is Brc1cccc(C2CC2)c1Br. The van der Waals surface area contributed by atoms with Gasteiger partial charge in [-0.2, -0.15) is 0 Å². The predicted molar refractivity (Wildman–Crippen MR) is 53.8 cm³/mol. The van der Waals surface area contributed by atoms with Crippen molar-refractivity contribution in [2.45, 2.75) is 18.8 Å². The summed E-state index contributed by atoms with van der Waals surface area (Å²) in [6.07, 6.45) is 2.71. The Labute approximate surface area is 83.3 Å². The summed E-state index contributed by atoms with van der Waals surface area (Å²) in [5, 5.41) is 0. The first kappa shape index (κ1) is 7.81. The number of hydrogen-bond acceptors (Lipinski definition) is 0. The van der Waals surface area contributed by atoms with Gasteiger partial charge in [-0.25, -0.2) is 0 Å². The fraction of sp³-hybridized carbons (Fsp3) is 0.333. The summed E-state index contributed by atoms with van der Waals surface area (Å²) in [7, 11) is 0. The Hall–Kier alpha value is 0.180. The first-order valence-electron chi connectivity index (χ1n) is 3.73. The van der Waals surface area contributed by atoms with Crippen molar-refractivity contribution in [3.8, 4) is 0 Å². The summed E-state index contributed by atoms with van der Waals surface area (Å²) in [4.78, 5) is 0. The third-order valence-corrected chi connectivity index (χ3v) is 4.08. The Morgan fingerprint density at radius 1 is 1.18 bits per heavy atom. The van der Waals surface area contributed by atoms with Gasteiger partial charge in [-0.15, -0.1) is 0 Å². The van der Waals surface area contributed by atoms with Crippen molar-refractivity contribution in [3.05, 3.63) is 32.7 Å². The van der Waals surface area contributed by atoms with Gasteiger partial charge in [0.2, 0.25) is 0 Å². The Bertz CT molecular complexity index is 277. The number of benzene rings is 1. The smallest absolute Gasteiger partial charge is 0.0352 e. The second-order valence-electron chi connectivity index (χ2n) is 2.92. The van der Waals surface area contributed by atoms with Crippen molar-refractivity contribution >= 4 is 31.9 Å². The summed E-state index contributed by atoms with van der Waals surface area (Å²) >= 11 is 7.07. The first-order chi connectivity index (χ1) is 5.29. The molecule has 0 atom stereocenters. The average Bonchev–Trinajstić information content (AvgIpc) is 2.77. The summed E-state index contributed by atoms with van der Waals surface area (Å²) < 4.78 is 2.41. The van der Waals surface area contributed by atoms with Crippen molar-refractivity contribution in [2.75, 3.05) is 0 Å². The quantitative estimate of drug-likeness (QED) is 0.724. The van der Waals surface area contributed by atoms with E-state index in [1.54, 1.807) is 0 Å². The molecule has 58 valence electrons. The van der Waals surface area contributed by atoms with Gasteiger partial charge in [0.05, 0.1) is 0 Å². The predicted octanol–water partition coefficient (Wildman–Crippen LogP) is 4.09. The molecule has 0 saturated heterocycles. The van der Waals surface area contributed by atoms with Gasteiger partial charge in [-0.3, -0.25) is 0 Å². The van der Waals surface area contributed by atoms with E-state index in [-0.39, 0.29) is 0 Å².